The average molecular weight is 310 g/mol. The van der Waals surface area contributed by atoms with Gasteiger partial charge in [-0.2, -0.15) is 0 Å². The number of carbonyl (C=O) groups excluding carboxylic acids is 1. The van der Waals surface area contributed by atoms with Crippen LogP contribution >= 0.6 is 11.3 Å². The molecule has 3 aromatic rings. The summed E-state index contributed by atoms with van der Waals surface area (Å²) in [6.45, 7) is 0. The molecule has 0 aliphatic heterocycles. The van der Waals surface area contributed by atoms with Crippen LogP contribution in [0.15, 0.2) is 53.9 Å². The van der Waals surface area contributed by atoms with E-state index in [1.807, 2.05) is 35.7 Å². The van der Waals surface area contributed by atoms with E-state index in [1.165, 1.54) is 11.3 Å². The summed E-state index contributed by atoms with van der Waals surface area (Å²) in [5.41, 5.74) is 2.07. The van der Waals surface area contributed by atoms with Crippen molar-refractivity contribution in [2.24, 2.45) is 0 Å². The van der Waals surface area contributed by atoms with E-state index in [4.69, 9.17) is 0 Å². The summed E-state index contributed by atoms with van der Waals surface area (Å²) in [5, 5.41) is 13.5. The van der Waals surface area contributed by atoms with Gasteiger partial charge < -0.3 is 9.90 Å². The van der Waals surface area contributed by atoms with Crippen LogP contribution in [0.25, 0.3) is 21.9 Å². The van der Waals surface area contributed by atoms with Gasteiger partial charge in [-0.3, -0.25) is 4.79 Å². The highest BCUT2D eigenvalue weighted by molar-refractivity contribution is 7.10. The summed E-state index contributed by atoms with van der Waals surface area (Å²) in [6, 6.07) is 16.1. The molecule has 1 heterocycles. The molecule has 1 aromatic heterocycles. The molecule has 0 saturated carbocycles. The molecule has 3 rings (SSSR count). The van der Waals surface area contributed by atoms with Crippen LogP contribution in [0.1, 0.15) is 17.2 Å². The second-order valence-electron chi connectivity index (χ2n) is 5.06. The summed E-state index contributed by atoms with van der Waals surface area (Å²) >= 11 is 1.39. The summed E-state index contributed by atoms with van der Waals surface area (Å²) < 4.78 is 0. The van der Waals surface area contributed by atoms with E-state index in [1.54, 1.807) is 0 Å². The lowest BCUT2D eigenvalue weighted by atomic mass is 9.98. The van der Waals surface area contributed by atoms with E-state index in [-0.39, 0.29) is 6.42 Å². The number of benzene rings is 2. The zero-order valence-electron chi connectivity index (χ0n) is 11.7. The van der Waals surface area contributed by atoms with Crippen molar-refractivity contribution in [1.29, 1.82) is 0 Å². The fraction of sp³-hybridized carbons (Fsp3) is 0.111. The summed E-state index contributed by atoms with van der Waals surface area (Å²) in [5.74, 6) is -1.72. The van der Waals surface area contributed by atoms with E-state index < -0.39 is 11.9 Å². The topological polar surface area (TPSA) is 54.4 Å². The van der Waals surface area contributed by atoms with Gasteiger partial charge in [-0.1, -0.05) is 42.5 Å². The number of aliphatic carboxylic acids is 1. The molecule has 0 amide bonds. The molecule has 0 fully saturated rings. The van der Waals surface area contributed by atoms with Crippen molar-refractivity contribution in [3.8, 4) is 11.1 Å². The molecule has 0 spiro atoms. The van der Waals surface area contributed by atoms with Gasteiger partial charge >= 0.3 is 5.97 Å². The molecule has 0 radical (unpaired) electrons. The largest absolute Gasteiger partial charge is 0.481 e. The minimum absolute atomic E-state index is 0.00479. The van der Waals surface area contributed by atoms with Crippen LogP contribution in [-0.4, -0.2) is 17.4 Å². The number of carboxylic acid groups (broad SMARTS) is 1. The molecule has 0 aliphatic rings. The summed E-state index contributed by atoms with van der Waals surface area (Å²) in [4.78, 5) is 22.7. The predicted octanol–water partition coefficient (Wildman–Crippen LogP) is 4.33. The molecule has 0 saturated heterocycles. The maximum Gasteiger partial charge on any atom is 0.312 e. The van der Waals surface area contributed by atoms with E-state index in [9.17, 15) is 14.7 Å². The molecular weight excluding hydrogens is 296 g/mol. The third kappa shape index (κ3) is 2.65. The van der Waals surface area contributed by atoms with Crippen molar-refractivity contribution in [2.75, 3.05) is 0 Å². The number of carbonyl (C=O) groups is 2. The van der Waals surface area contributed by atoms with E-state index in [0.29, 0.717) is 11.2 Å². The molecule has 22 heavy (non-hydrogen) atoms. The Hall–Kier alpha value is -2.46. The number of carboxylic acids is 1. The fourth-order valence-corrected chi connectivity index (χ4v) is 3.60. The van der Waals surface area contributed by atoms with Crippen LogP contribution in [0.4, 0.5) is 0 Å². The van der Waals surface area contributed by atoms with Gasteiger partial charge in [0.15, 0.2) is 0 Å². The normalized spacial score (nSPS) is 12.2. The van der Waals surface area contributed by atoms with Crippen LogP contribution < -0.4 is 0 Å². The zero-order valence-corrected chi connectivity index (χ0v) is 12.5. The Morgan fingerprint density at radius 3 is 2.73 bits per heavy atom. The number of thiophene rings is 1. The minimum Gasteiger partial charge on any atom is -0.481 e. The van der Waals surface area contributed by atoms with Gasteiger partial charge in [0.2, 0.25) is 0 Å². The smallest absolute Gasteiger partial charge is 0.312 e. The van der Waals surface area contributed by atoms with Crippen LogP contribution in [-0.2, 0) is 9.59 Å². The Morgan fingerprint density at radius 2 is 1.95 bits per heavy atom. The van der Waals surface area contributed by atoms with Crippen molar-refractivity contribution in [3.63, 3.8) is 0 Å². The second-order valence-corrected chi connectivity index (χ2v) is 6.00. The van der Waals surface area contributed by atoms with E-state index in [2.05, 4.69) is 18.2 Å². The number of fused-ring (bicyclic) bond motifs is 1. The highest BCUT2D eigenvalue weighted by Gasteiger charge is 2.21. The quantitative estimate of drug-likeness (QED) is 0.714. The first kappa shape index (κ1) is 14.5. The van der Waals surface area contributed by atoms with E-state index in [0.717, 1.165) is 21.9 Å². The number of hydrogen-bond acceptors (Lipinski definition) is 3. The first-order chi connectivity index (χ1) is 10.7. The molecule has 1 N–H and O–H groups in total. The number of rotatable bonds is 5. The third-order valence-electron chi connectivity index (χ3n) is 3.69. The molecule has 1 atom stereocenters. The van der Waals surface area contributed by atoms with Crippen LogP contribution in [0.5, 0.6) is 0 Å². The van der Waals surface area contributed by atoms with Gasteiger partial charge in [-0.05, 0) is 33.3 Å². The van der Waals surface area contributed by atoms with Gasteiger partial charge in [0, 0.05) is 11.3 Å². The van der Waals surface area contributed by atoms with Crippen molar-refractivity contribution in [1.82, 2.24) is 0 Å². The highest BCUT2D eigenvalue weighted by atomic mass is 32.1. The number of aldehydes is 1. The Morgan fingerprint density at radius 1 is 1.18 bits per heavy atom. The van der Waals surface area contributed by atoms with Crippen LogP contribution in [0, 0.1) is 0 Å². The van der Waals surface area contributed by atoms with Crippen molar-refractivity contribution in [2.45, 2.75) is 12.3 Å². The molecular formula is C18H14O3S. The third-order valence-corrected chi connectivity index (χ3v) is 4.74. The minimum atomic E-state index is -0.960. The lowest BCUT2D eigenvalue weighted by Gasteiger charge is -2.06. The monoisotopic (exact) mass is 310 g/mol. The van der Waals surface area contributed by atoms with Crippen LogP contribution in [0.3, 0.4) is 0 Å². The summed E-state index contributed by atoms with van der Waals surface area (Å²) in [7, 11) is 0. The Labute approximate surface area is 131 Å². The first-order valence-corrected chi connectivity index (χ1v) is 7.81. The molecule has 4 heteroatoms. The van der Waals surface area contributed by atoms with Gasteiger partial charge in [-0.25, -0.2) is 0 Å². The van der Waals surface area contributed by atoms with E-state index >= 15 is 0 Å². The Bertz CT molecular complexity index is 830. The molecule has 2 aromatic carbocycles. The van der Waals surface area contributed by atoms with Gasteiger partial charge in [-0.15, -0.1) is 11.3 Å². The standard InChI is InChI=1S/C18H14O3S/c19-9-8-16(18(20)21)17-10-13(11-22-17)15-7-3-5-12-4-1-2-6-14(12)15/h1-7,9-11,16H,8H2,(H,20,21). The fourth-order valence-electron chi connectivity index (χ4n) is 2.59. The Kier molecular flexibility index (Phi) is 4.02. The Balaban J connectivity index is 2.06. The maximum atomic E-state index is 11.3. The second kappa shape index (κ2) is 6.12. The van der Waals surface area contributed by atoms with Crippen molar-refractivity contribution < 1.29 is 14.7 Å². The average Bonchev–Trinajstić information content (AvgIpc) is 3.01. The lowest BCUT2D eigenvalue weighted by molar-refractivity contribution is -0.139. The molecule has 110 valence electrons. The molecule has 0 aliphatic carbocycles. The molecule has 3 nitrogen and oxygen atoms in total. The molecule has 0 bridgehead atoms. The first-order valence-electron chi connectivity index (χ1n) is 6.93. The number of hydrogen-bond donors (Lipinski definition) is 1. The van der Waals surface area contributed by atoms with Crippen LogP contribution in [0.2, 0.25) is 0 Å². The SMILES string of the molecule is O=CCC(C(=O)O)c1cc(-c2cccc3ccccc23)cs1. The van der Waals surface area contributed by atoms with Gasteiger partial charge in [0.1, 0.15) is 6.29 Å². The maximum absolute atomic E-state index is 11.3. The van der Waals surface area contributed by atoms with Gasteiger partial charge in [0.25, 0.3) is 0 Å². The zero-order chi connectivity index (χ0) is 15.5. The van der Waals surface area contributed by atoms with Gasteiger partial charge in [0.05, 0.1) is 5.92 Å². The predicted molar refractivity (Wildman–Crippen MR) is 88.3 cm³/mol. The van der Waals surface area contributed by atoms with Crippen molar-refractivity contribution in [3.05, 3.63) is 58.8 Å². The summed E-state index contributed by atoms with van der Waals surface area (Å²) in [6.07, 6.45) is 0.668. The molecule has 1 unspecified atom stereocenters. The highest BCUT2D eigenvalue weighted by Crippen LogP contribution is 2.35. The van der Waals surface area contributed by atoms with Crippen molar-refractivity contribution >= 4 is 34.4 Å². The lowest BCUT2D eigenvalue weighted by Crippen LogP contribution is -2.10.